The van der Waals surface area contributed by atoms with Crippen LogP contribution in [0.3, 0.4) is 0 Å². The number of aryl methyl sites for hydroxylation is 2. The standard InChI is InChI=1S/C17H20FN3O2/c1-3-4-7-20-11-14(12(2)19-20)17(22)21-8-9-23-16-10-13(18)5-6-15(16)21/h5-6,10-11H,3-4,7-9H2,1-2H3. The number of anilines is 1. The fraction of sp³-hybridized carbons (Fsp3) is 0.412. The first-order valence-corrected chi connectivity index (χ1v) is 7.88. The highest BCUT2D eigenvalue weighted by Gasteiger charge is 2.27. The lowest BCUT2D eigenvalue weighted by molar-refractivity contribution is 0.0976. The van der Waals surface area contributed by atoms with E-state index in [2.05, 4.69) is 12.0 Å². The molecular formula is C17H20FN3O2. The Labute approximate surface area is 134 Å². The van der Waals surface area contributed by atoms with E-state index in [1.807, 2.05) is 11.6 Å². The molecule has 1 aliphatic rings. The smallest absolute Gasteiger partial charge is 0.261 e. The SMILES string of the molecule is CCCCn1cc(C(=O)N2CCOc3cc(F)ccc32)c(C)n1. The van der Waals surface area contributed by atoms with E-state index in [1.54, 1.807) is 17.2 Å². The Morgan fingerprint density at radius 2 is 2.26 bits per heavy atom. The van der Waals surface area contributed by atoms with E-state index in [0.717, 1.165) is 19.4 Å². The van der Waals surface area contributed by atoms with Gasteiger partial charge in [0.1, 0.15) is 18.2 Å². The second-order valence-corrected chi connectivity index (χ2v) is 5.66. The van der Waals surface area contributed by atoms with Crippen molar-refractivity contribution in [2.75, 3.05) is 18.1 Å². The van der Waals surface area contributed by atoms with Gasteiger partial charge >= 0.3 is 0 Å². The van der Waals surface area contributed by atoms with Gasteiger partial charge in [0.05, 0.1) is 23.5 Å². The molecule has 0 aliphatic carbocycles. The van der Waals surface area contributed by atoms with E-state index in [4.69, 9.17) is 4.74 Å². The third kappa shape index (κ3) is 3.06. The van der Waals surface area contributed by atoms with Crippen LogP contribution in [0, 0.1) is 12.7 Å². The molecule has 6 heteroatoms. The zero-order chi connectivity index (χ0) is 16.4. The molecule has 23 heavy (non-hydrogen) atoms. The minimum absolute atomic E-state index is 0.124. The predicted octanol–water partition coefficient (Wildman–Crippen LogP) is 3.17. The van der Waals surface area contributed by atoms with Gasteiger partial charge in [0.15, 0.2) is 0 Å². The van der Waals surface area contributed by atoms with E-state index >= 15 is 0 Å². The van der Waals surface area contributed by atoms with E-state index in [9.17, 15) is 9.18 Å². The maximum Gasteiger partial charge on any atom is 0.261 e. The number of fused-ring (bicyclic) bond motifs is 1. The Bertz CT molecular complexity index is 727. The number of unbranched alkanes of at least 4 members (excludes halogenated alkanes) is 1. The average molecular weight is 317 g/mol. The van der Waals surface area contributed by atoms with Gasteiger partial charge in [-0.25, -0.2) is 4.39 Å². The molecule has 1 aromatic carbocycles. The van der Waals surface area contributed by atoms with Gasteiger partial charge in [-0.15, -0.1) is 0 Å². The number of amides is 1. The molecule has 2 heterocycles. The van der Waals surface area contributed by atoms with Gasteiger partial charge in [-0.1, -0.05) is 13.3 Å². The van der Waals surface area contributed by atoms with Crippen LogP contribution < -0.4 is 9.64 Å². The second kappa shape index (κ2) is 6.40. The van der Waals surface area contributed by atoms with Crippen LogP contribution in [-0.2, 0) is 6.54 Å². The molecular weight excluding hydrogens is 297 g/mol. The van der Waals surface area contributed by atoms with Crippen molar-refractivity contribution in [2.45, 2.75) is 33.2 Å². The molecule has 0 radical (unpaired) electrons. The van der Waals surface area contributed by atoms with Crippen LogP contribution in [0.5, 0.6) is 5.75 Å². The van der Waals surface area contributed by atoms with Gasteiger partial charge in [-0.3, -0.25) is 9.48 Å². The van der Waals surface area contributed by atoms with Crippen LogP contribution in [0.1, 0.15) is 35.8 Å². The van der Waals surface area contributed by atoms with E-state index in [-0.39, 0.29) is 11.7 Å². The minimum atomic E-state index is -0.374. The van der Waals surface area contributed by atoms with Crippen molar-refractivity contribution in [3.8, 4) is 5.75 Å². The second-order valence-electron chi connectivity index (χ2n) is 5.66. The number of carbonyl (C=O) groups excluding carboxylic acids is 1. The van der Waals surface area contributed by atoms with Crippen molar-refractivity contribution in [2.24, 2.45) is 0 Å². The summed E-state index contributed by atoms with van der Waals surface area (Å²) in [6.45, 7) is 5.55. The summed E-state index contributed by atoms with van der Waals surface area (Å²) in [7, 11) is 0. The van der Waals surface area contributed by atoms with Gasteiger partial charge in [0.25, 0.3) is 5.91 Å². The molecule has 0 spiro atoms. The van der Waals surface area contributed by atoms with E-state index in [1.165, 1.54) is 12.1 Å². The first-order valence-electron chi connectivity index (χ1n) is 7.88. The number of benzene rings is 1. The monoisotopic (exact) mass is 317 g/mol. The van der Waals surface area contributed by atoms with Gasteiger partial charge in [-0.05, 0) is 25.5 Å². The summed E-state index contributed by atoms with van der Waals surface area (Å²) >= 11 is 0. The van der Waals surface area contributed by atoms with Crippen molar-refractivity contribution < 1.29 is 13.9 Å². The summed E-state index contributed by atoms with van der Waals surface area (Å²) in [4.78, 5) is 14.5. The van der Waals surface area contributed by atoms with Gasteiger partial charge in [-0.2, -0.15) is 5.10 Å². The molecule has 0 N–H and O–H groups in total. The molecule has 0 saturated carbocycles. The topological polar surface area (TPSA) is 47.4 Å². The highest BCUT2D eigenvalue weighted by Crippen LogP contribution is 2.33. The highest BCUT2D eigenvalue weighted by atomic mass is 19.1. The van der Waals surface area contributed by atoms with E-state index in [0.29, 0.717) is 35.8 Å². The Hall–Kier alpha value is -2.37. The summed E-state index contributed by atoms with van der Waals surface area (Å²) in [6, 6.07) is 4.23. The number of aromatic nitrogens is 2. The number of carbonyl (C=O) groups is 1. The first kappa shape index (κ1) is 15.5. The van der Waals surface area contributed by atoms with Gasteiger partial charge in [0, 0.05) is 18.8 Å². The van der Waals surface area contributed by atoms with Crippen LogP contribution >= 0.6 is 0 Å². The largest absolute Gasteiger partial charge is 0.489 e. The average Bonchev–Trinajstić information content (AvgIpc) is 2.92. The number of rotatable bonds is 4. The molecule has 0 fully saturated rings. The molecule has 0 atom stereocenters. The van der Waals surface area contributed by atoms with Gasteiger partial charge < -0.3 is 9.64 Å². The van der Waals surface area contributed by atoms with Crippen molar-refractivity contribution in [1.29, 1.82) is 0 Å². The number of hydrogen-bond acceptors (Lipinski definition) is 3. The third-order valence-electron chi connectivity index (χ3n) is 3.95. The molecule has 1 aromatic heterocycles. The molecule has 0 bridgehead atoms. The number of nitrogens with zero attached hydrogens (tertiary/aromatic N) is 3. The summed E-state index contributed by atoms with van der Waals surface area (Å²) in [6.07, 6.45) is 3.89. The Morgan fingerprint density at radius 3 is 3.04 bits per heavy atom. The van der Waals surface area contributed by atoms with E-state index < -0.39 is 0 Å². The summed E-state index contributed by atoms with van der Waals surface area (Å²) < 4.78 is 20.6. The Kier molecular flexibility index (Phi) is 4.32. The van der Waals surface area contributed by atoms with Crippen LogP contribution in [-0.4, -0.2) is 28.8 Å². The highest BCUT2D eigenvalue weighted by molar-refractivity contribution is 6.07. The molecule has 122 valence electrons. The van der Waals surface area contributed by atoms with Crippen LogP contribution in [0.15, 0.2) is 24.4 Å². The molecule has 0 unspecified atom stereocenters. The lowest BCUT2D eigenvalue weighted by atomic mass is 10.1. The molecule has 1 aliphatic heterocycles. The number of ether oxygens (including phenoxy) is 1. The number of halogens is 1. The van der Waals surface area contributed by atoms with Crippen molar-refractivity contribution in [3.05, 3.63) is 41.5 Å². The van der Waals surface area contributed by atoms with Crippen molar-refractivity contribution in [1.82, 2.24) is 9.78 Å². The molecule has 3 rings (SSSR count). The first-order chi connectivity index (χ1) is 11.1. The fourth-order valence-electron chi connectivity index (χ4n) is 2.71. The summed E-state index contributed by atoms with van der Waals surface area (Å²) in [5.41, 5.74) is 1.89. The predicted molar refractivity (Wildman–Crippen MR) is 85.4 cm³/mol. The molecule has 0 saturated heterocycles. The summed E-state index contributed by atoms with van der Waals surface area (Å²) in [5, 5.41) is 4.41. The lowest BCUT2D eigenvalue weighted by Crippen LogP contribution is -2.38. The van der Waals surface area contributed by atoms with Crippen LogP contribution in [0.25, 0.3) is 0 Å². The summed E-state index contributed by atoms with van der Waals surface area (Å²) in [5.74, 6) is -0.0938. The molecule has 5 nitrogen and oxygen atoms in total. The molecule has 1 amide bonds. The zero-order valence-electron chi connectivity index (χ0n) is 13.4. The maximum atomic E-state index is 13.3. The Balaban J connectivity index is 1.88. The fourth-order valence-corrected chi connectivity index (χ4v) is 2.71. The number of hydrogen-bond donors (Lipinski definition) is 0. The normalized spacial score (nSPS) is 13.6. The maximum absolute atomic E-state index is 13.3. The Morgan fingerprint density at radius 1 is 1.43 bits per heavy atom. The zero-order valence-corrected chi connectivity index (χ0v) is 13.4. The van der Waals surface area contributed by atoms with Crippen molar-refractivity contribution >= 4 is 11.6 Å². The lowest BCUT2D eigenvalue weighted by Gasteiger charge is -2.29. The molecule has 2 aromatic rings. The third-order valence-corrected chi connectivity index (χ3v) is 3.95. The van der Waals surface area contributed by atoms with Gasteiger partial charge in [0.2, 0.25) is 0 Å². The van der Waals surface area contributed by atoms with Crippen LogP contribution in [0.4, 0.5) is 10.1 Å². The van der Waals surface area contributed by atoms with Crippen LogP contribution in [0.2, 0.25) is 0 Å². The quantitative estimate of drug-likeness (QED) is 0.870. The van der Waals surface area contributed by atoms with Crippen molar-refractivity contribution in [3.63, 3.8) is 0 Å². The minimum Gasteiger partial charge on any atom is -0.489 e.